The van der Waals surface area contributed by atoms with Gasteiger partial charge in [0.1, 0.15) is 0 Å². The molecule has 0 aromatic heterocycles. The summed E-state index contributed by atoms with van der Waals surface area (Å²) in [4.78, 5) is 2.37. The van der Waals surface area contributed by atoms with Gasteiger partial charge in [-0.15, -0.1) is 0 Å². The molecule has 0 saturated carbocycles. The lowest BCUT2D eigenvalue weighted by atomic mass is 9.90. The van der Waals surface area contributed by atoms with Crippen molar-refractivity contribution in [2.24, 2.45) is 0 Å². The van der Waals surface area contributed by atoms with Gasteiger partial charge in [-0.2, -0.15) is 0 Å². The Kier molecular flexibility index (Phi) is 7.89. The molecule has 0 aliphatic heterocycles. The molecule has 0 aliphatic rings. The third-order valence-corrected chi connectivity index (χ3v) is 11.6. The van der Waals surface area contributed by atoms with Crippen LogP contribution in [0.2, 0.25) is 0 Å². The molecule has 57 heavy (non-hydrogen) atoms. The number of para-hydroxylation sites is 1. The number of fused-ring (bicyclic) bond motifs is 8. The van der Waals surface area contributed by atoms with Crippen molar-refractivity contribution in [3.05, 3.63) is 224 Å². The standard InChI is InChI=1S/C56H37N/c1-3-13-38(14-4-1)54-37-47(33-34-49(54)44-28-25-41-24-27-42-26-23-39-15-7-10-20-50(39)56(42)55(41)36-44)57(45-17-5-2-6-18-45)46-31-29-40(30-32-46)53-35-43-16-8-9-19-48(43)51-21-11-12-22-52(51)53/h1-37H. The summed E-state index contributed by atoms with van der Waals surface area (Å²) >= 11 is 0. The highest BCUT2D eigenvalue weighted by Gasteiger charge is 2.18. The first-order valence-electron chi connectivity index (χ1n) is 19.7. The third-order valence-electron chi connectivity index (χ3n) is 11.6. The molecule has 11 rings (SSSR count). The summed E-state index contributed by atoms with van der Waals surface area (Å²) in [7, 11) is 0. The van der Waals surface area contributed by atoms with E-state index in [4.69, 9.17) is 0 Å². The van der Waals surface area contributed by atoms with E-state index in [1.54, 1.807) is 0 Å². The minimum Gasteiger partial charge on any atom is -0.310 e. The number of hydrogen-bond donors (Lipinski definition) is 0. The molecule has 0 heterocycles. The van der Waals surface area contributed by atoms with Crippen LogP contribution in [0.5, 0.6) is 0 Å². The van der Waals surface area contributed by atoms with Crippen LogP contribution in [0.4, 0.5) is 17.1 Å². The Morgan fingerprint density at radius 1 is 0.228 bits per heavy atom. The molecule has 0 bridgehead atoms. The molecule has 0 atom stereocenters. The highest BCUT2D eigenvalue weighted by atomic mass is 15.1. The molecule has 11 aromatic carbocycles. The molecule has 266 valence electrons. The number of rotatable bonds is 6. The SMILES string of the molecule is c1ccc(-c2cc(N(c3ccccc3)c3ccc(-c4cc5ccccc5c5ccccc45)cc3)ccc2-c2ccc3ccc4ccc5ccccc5c4c3c2)cc1. The maximum Gasteiger partial charge on any atom is 0.0468 e. The van der Waals surface area contributed by atoms with Crippen molar-refractivity contribution >= 4 is 70.9 Å². The second-order valence-corrected chi connectivity index (χ2v) is 14.9. The Hall–Kier alpha value is -7.48. The van der Waals surface area contributed by atoms with E-state index in [-0.39, 0.29) is 0 Å². The monoisotopic (exact) mass is 723 g/mol. The third kappa shape index (κ3) is 5.72. The zero-order valence-electron chi connectivity index (χ0n) is 31.3. The van der Waals surface area contributed by atoms with Crippen molar-refractivity contribution in [2.75, 3.05) is 4.90 Å². The average molecular weight is 724 g/mol. The molecule has 1 nitrogen and oxygen atoms in total. The summed E-state index contributed by atoms with van der Waals surface area (Å²) in [6, 6.07) is 82.0. The molecule has 1 heteroatoms. The van der Waals surface area contributed by atoms with E-state index in [9.17, 15) is 0 Å². The maximum atomic E-state index is 2.40. The van der Waals surface area contributed by atoms with E-state index in [1.807, 2.05) is 0 Å². The molecular formula is C56H37N. The molecule has 0 amide bonds. The minimum absolute atomic E-state index is 1.10. The van der Waals surface area contributed by atoms with Crippen LogP contribution in [0.3, 0.4) is 0 Å². The van der Waals surface area contributed by atoms with Crippen LogP contribution < -0.4 is 4.90 Å². The summed E-state index contributed by atoms with van der Waals surface area (Å²) in [5.41, 5.74) is 10.5. The van der Waals surface area contributed by atoms with Crippen molar-refractivity contribution in [2.45, 2.75) is 0 Å². The Morgan fingerprint density at radius 3 is 1.53 bits per heavy atom. The summed E-state index contributed by atoms with van der Waals surface area (Å²) in [6.45, 7) is 0. The molecule has 0 aliphatic carbocycles. The lowest BCUT2D eigenvalue weighted by Gasteiger charge is -2.27. The van der Waals surface area contributed by atoms with Gasteiger partial charge >= 0.3 is 0 Å². The van der Waals surface area contributed by atoms with Gasteiger partial charge in [0.05, 0.1) is 0 Å². The topological polar surface area (TPSA) is 3.24 Å². The number of benzene rings is 11. The first kappa shape index (κ1) is 32.9. The molecule has 0 N–H and O–H groups in total. The van der Waals surface area contributed by atoms with E-state index in [1.165, 1.54) is 87.2 Å². The first-order valence-corrected chi connectivity index (χ1v) is 19.7. The van der Waals surface area contributed by atoms with E-state index in [0.29, 0.717) is 0 Å². The zero-order chi connectivity index (χ0) is 37.7. The van der Waals surface area contributed by atoms with Crippen LogP contribution >= 0.6 is 0 Å². The minimum atomic E-state index is 1.10. The van der Waals surface area contributed by atoms with Crippen LogP contribution in [0.1, 0.15) is 0 Å². The number of anilines is 3. The van der Waals surface area contributed by atoms with Gasteiger partial charge in [-0.1, -0.05) is 176 Å². The molecule has 11 aromatic rings. The fraction of sp³-hybridized carbons (Fsp3) is 0. The van der Waals surface area contributed by atoms with E-state index in [2.05, 4.69) is 229 Å². The Morgan fingerprint density at radius 2 is 0.754 bits per heavy atom. The summed E-state index contributed by atoms with van der Waals surface area (Å²) in [5, 5.41) is 12.7. The Balaban J connectivity index is 1.07. The fourth-order valence-electron chi connectivity index (χ4n) is 8.88. The summed E-state index contributed by atoms with van der Waals surface area (Å²) in [6.07, 6.45) is 0. The normalized spacial score (nSPS) is 11.5. The summed E-state index contributed by atoms with van der Waals surface area (Å²) in [5.74, 6) is 0. The van der Waals surface area contributed by atoms with E-state index >= 15 is 0 Å². The highest BCUT2D eigenvalue weighted by Crippen LogP contribution is 2.43. The first-order chi connectivity index (χ1) is 28.3. The fourth-order valence-corrected chi connectivity index (χ4v) is 8.88. The smallest absolute Gasteiger partial charge is 0.0468 e. The van der Waals surface area contributed by atoms with Crippen molar-refractivity contribution < 1.29 is 0 Å². The van der Waals surface area contributed by atoms with Gasteiger partial charge in [-0.3, -0.25) is 0 Å². The Labute approximate surface area is 332 Å². The second kappa shape index (κ2) is 13.7. The highest BCUT2D eigenvalue weighted by molar-refractivity contribution is 6.21. The quantitative estimate of drug-likeness (QED) is 0.154. The van der Waals surface area contributed by atoms with Gasteiger partial charge in [0.15, 0.2) is 0 Å². The van der Waals surface area contributed by atoms with Gasteiger partial charge in [0, 0.05) is 17.1 Å². The molecule has 0 saturated heterocycles. The molecule has 0 fully saturated rings. The lowest BCUT2D eigenvalue weighted by Crippen LogP contribution is -2.10. The molecule has 0 unspecified atom stereocenters. The van der Waals surface area contributed by atoms with Gasteiger partial charge in [-0.05, 0) is 136 Å². The van der Waals surface area contributed by atoms with Gasteiger partial charge < -0.3 is 4.90 Å². The largest absolute Gasteiger partial charge is 0.310 e. The van der Waals surface area contributed by atoms with Crippen molar-refractivity contribution in [3.8, 4) is 33.4 Å². The Bertz CT molecular complexity index is 3270. The maximum absolute atomic E-state index is 2.40. The lowest BCUT2D eigenvalue weighted by molar-refractivity contribution is 1.28. The number of nitrogens with zero attached hydrogens (tertiary/aromatic N) is 1. The van der Waals surface area contributed by atoms with E-state index in [0.717, 1.165) is 17.1 Å². The number of hydrogen-bond acceptors (Lipinski definition) is 1. The van der Waals surface area contributed by atoms with Gasteiger partial charge in [-0.25, -0.2) is 0 Å². The zero-order valence-corrected chi connectivity index (χ0v) is 31.3. The second-order valence-electron chi connectivity index (χ2n) is 14.9. The molecular weight excluding hydrogens is 687 g/mol. The van der Waals surface area contributed by atoms with Gasteiger partial charge in [0.2, 0.25) is 0 Å². The van der Waals surface area contributed by atoms with Crippen molar-refractivity contribution in [3.63, 3.8) is 0 Å². The molecule has 0 spiro atoms. The van der Waals surface area contributed by atoms with Crippen molar-refractivity contribution in [1.29, 1.82) is 0 Å². The van der Waals surface area contributed by atoms with Crippen LogP contribution in [-0.2, 0) is 0 Å². The predicted molar refractivity (Wildman–Crippen MR) is 245 cm³/mol. The van der Waals surface area contributed by atoms with E-state index < -0.39 is 0 Å². The van der Waals surface area contributed by atoms with Crippen LogP contribution in [0.25, 0.3) is 87.2 Å². The summed E-state index contributed by atoms with van der Waals surface area (Å²) < 4.78 is 0. The van der Waals surface area contributed by atoms with Crippen LogP contribution in [0.15, 0.2) is 224 Å². The predicted octanol–water partition coefficient (Wildman–Crippen LogP) is 15.9. The van der Waals surface area contributed by atoms with Crippen LogP contribution in [-0.4, -0.2) is 0 Å². The van der Waals surface area contributed by atoms with Crippen molar-refractivity contribution in [1.82, 2.24) is 0 Å². The van der Waals surface area contributed by atoms with Gasteiger partial charge in [0.25, 0.3) is 0 Å². The van der Waals surface area contributed by atoms with Crippen LogP contribution in [0, 0.1) is 0 Å². The average Bonchev–Trinajstić information content (AvgIpc) is 3.29. The molecule has 0 radical (unpaired) electrons.